The summed E-state index contributed by atoms with van der Waals surface area (Å²) < 4.78 is 7.11. The van der Waals surface area contributed by atoms with E-state index in [9.17, 15) is 14.9 Å². The summed E-state index contributed by atoms with van der Waals surface area (Å²) in [5.74, 6) is 0.627. The lowest BCUT2D eigenvalue weighted by molar-refractivity contribution is -0.385. The summed E-state index contributed by atoms with van der Waals surface area (Å²) in [6.45, 7) is 4.55. The van der Waals surface area contributed by atoms with Crippen LogP contribution in [0.2, 0.25) is 0 Å². The monoisotopic (exact) mass is 382 g/mol. The zero-order valence-corrected chi connectivity index (χ0v) is 16.0. The maximum Gasteiger partial charge on any atom is 0.311 e. The number of para-hydroxylation sites is 2. The van der Waals surface area contributed by atoms with Crippen LogP contribution < -0.4 is 10.1 Å². The molecule has 0 fully saturated rings. The molecular formula is C20H22N4O4. The highest BCUT2D eigenvalue weighted by Crippen LogP contribution is 2.27. The second-order valence-electron chi connectivity index (χ2n) is 6.63. The zero-order valence-electron chi connectivity index (χ0n) is 16.0. The molecule has 146 valence electrons. The predicted molar refractivity (Wildman–Crippen MR) is 106 cm³/mol. The fourth-order valence-corrected chi connectivity index (χ4v) is 3.21. The summed E-state index contributed by atoms with van der Waals surface area (Å²) in [6.07, 6.45) is 0.552. The Bertz CT molecular complexity index is 1030. The van der Waals surface area contributed by atoms with Crippen molar-refractivity contribution in [1.82, 2.24) is 14.9 Å². The number of methoxy groups -OCH3 is 1. The number of carbonyl (C=O) groups is 1. The van der Waals surface area contributed by atoms with Crippen LogP contribution in [0.25, 0.3) is 11.0 Å². The molecule has 0 aliphatic heterocycles. The van der Waals surface area contributed by atoms with Gasteiger partial charge in [-0.05, 0) is 38.1 Å². The Hall–Kier alpha value is -3.42. The molecule has 0 unspecified atom stereocenters. The number of fused-ring (bicyclic) bond motifs is 1. The molecule has 0 atom stereocenters. The summed E-state index contributed by atoms with van der Waals surface area (Å²) >= 11 is 0. The fraction of sp³-hybridized carbons (Fsp3) is 0.300. The minimum absolute atomic E-state index is 0.118. The van der Waals surface area contributed by atoms with E-state index in [1.54, 1.807) is 0 Å². The van der Waals surface area contributed by atoms with Gasteiger partial charge >= 0.3 is 5.69 Å². The van der Waals surface area contributed by atoms with Gasteiger partial charge in [0.15, 0.2) is 5.75 Å². The van der Waals surface area contributed by atoms with Crippen molar-refractivity contribution in [2.45, 2.75) is 26.3 Å². The molecule has 0 saturated carbocycles. The lowest BCUT2D eigenvalue weighted by Crippen LogP contribution is -2.26. The molecule has 28 heavy (non-hydrogen) atoms. The molecule has 8 nitrogen and oxygen atoms in total. The average molecular weight is 382 g/mol. The van der Waals surface area contributed by atoms with Gasteiger partial charge in [0.1, 0.15) is 5.82 Å². The van der Waals surface area contributed by atoms with Crippen LogP contribution in [0.1, 0.15) is 36.1 Å². The second kappa shape index (κ2) is 8.08. The first-order chi connectivity index (χ1) is 13.4. The van der Waals surface area contributed by atoms with Gasteiger partial charge in [0.05, 0.1) is 23.1 Å². The number of nitro benzene ring substituents is 1. The molecule has 1 heterocycles. The highest BCUT2D eigenvalue weighted by Gasteiger charge is 2.18. The number of benzene rings is 2. The molecular weight excluding hydrogens is 360 g/mol. The first kappa shape index (κ1) is 19.3. The lowest BCUT2D eigenvalue weighted by atomic mass is 10.1. The number of imidazole rings is 1. The van der Waals surface area contributed by atoms with Gasteiger partial charge in [0.25, 0.3) is 5.91 Å². The molecule has 0 saturated heterocycles. The van der Waals surface area contributed by atoms with E-state index in [2.05, 4.69) is 28.7 Å². The smallest absolute Gasteiger partial charge is 0.311 e. The molecule has 0 spiro atoms. The topological polar surface area (TPSA) is 99.3 Å². The van der Waals surface area contributed by atoms with Crippen molar-refractivity contribution in [2.24, 2.45) is 0 Å². The summed E-state index contributed by atoms with van der Waals surface area (Å²) in [5, 5.41) is 13.9. The Morgan fingerprint density at radius 2 is 2.04 bits per heavy atom. The van der Waals surface area contributed by atoms with Crippen LogP contribution in [0.3, 0.4) is 0 Å². The largest absolute Gasteiger partial charge is 0.490 e. The number of rotatable bonds is 7. The minimum atomic E-state index is -0.569. The van der Waals surface area contributed by atoms with E-state index in [1.807, 2.05) is 24.3 Å². The molecule has 2 aromatic carbocycles. The number of nitro groups is 1. The van der Waals surface area contributed by atoms with Gasteiger partial charge in [-0.25, -0.2) is 4.98 Å². The third-order valence-corrected chi connectivity index (χ3v) is 4.46. The van der Waals surface area contributed by atoms with Crippen LogP contribution >= 0.6 is 0 Å². The van der Waals surface area contributed by atoms with E-state index in [0.717, 1.165) is 16.9 Å². The van der Waals surface area contributed by atoms with Crippen LogP contribution in [-0.2, 0) is 6.42 Å². The highest BCUT2D eigenvalue weighted by atomic mass is 16.6. The van der Waals surface area contributed by atoms with E-state index >= 15 is 0 Å². The third-order valence-electron chi connectivity index (χ3n) is 4.46. The van der Waals surface area contributed by atoms with Crippen molar-refractivity contribution in [1.29, 1.82) is 0 Å². The van der Waals surface area contributed by atoms with Crippen molar-refractivity contribution >= 4 is 22.6 Å². The molecule has 0 radical (unpaired) electrons. The van der Waals surface area contributed by atoms with Crippen molar-refractivity contribution < 1.29 is 14.5 Å². The number of ether oxygens (including phenoxy) is 1. The second-order valence-corrected chi connectivity index (χ2v) is 6.63. The molecule has 3 aromatic rings. The zero-order chi connectivity index (χ0) is 20.3. The molecule has 3 rings (SSSR count). The van der Waals surface area contributed by atoms with Gasteiger partial charge in [-0.15, -0.1) is 0 Å². The Morgan fingerprint density at radius 3 is 2.71 bits per heavy atom. The number of hydrogen-bond donors (Lipinski definition) is 1. The third kappa shape index (κ3) is 3.80. The number of amides is 1. The lowest BCUT2D eigenvalue weighted by Gasteiger charge is -2.13. The van der Waals surface area contributed by atoms with Gasteiger partial charge in [-0.3, -0.25) is 14.9 Å². The van der Waals surface area contributed by atoms with Crippen molar-refractivity contribution in [3.63, 3.8) is 0 Å². The first-order valence-electron chi connectivity index (χ1n) is 8.99. The van der Waals surface area contributed by atoms with Gasteiger partial charge in [0.2, 0.25) is 0 Å². The maximum atomic E-state index is 12.4. The quantitative estimate of drug-likeness (QED) is 0.498. The summed E-state index contributed by atoms with van der Waals surface area (Å²) in [7, 11) is 1.35. The van der Waals surface area contributed by atoms with Gasteiger partial charge < -0.3 is 14.6 Å². The van der Waals surface area contributed by atoms with Crippen LogP contribution in [0.4, 0.5) is 5.69 Å². The minimum Gasteiger partial charge on any atom is -0.490 e. The fourth-order valence-electron chi connectivity index (χ4n) is 3.21. The van der Waals surface area contributed by atoms with Crippen molar-refractivity contribution in [2.75, 3.05) is 13.7 Å². The molecule has 1 N–H and O–H groups in total. The van der Waals surface area contributed by atoms with Gasteiger partial charge in [-0.2, -0.15) is 0 Å². The molecule has 8 heteroatoms. The Balaban J connectivity index is 1.73. The van der Waals surface area contributed by atoms with E-state index < -0.39 is 4.92 Å². The van der Waals surface area contributed by atoms with Crippen LogP contribution in [0, 0.1) is 10.1 Å². The summed E-state index contributed by atoms with van der Waals surface area (Å²) in [5.41, 5.74) is 1.95. The summed E-state index contributed by atoms with van der Waals surface area (Å²) in [4.78, 5) is 27.6. The Kier molecular flexibility index (Phi) is 5.58. The summed E-state index contributed by atoms with van der Waals surface area (Å²) in [6, 6.07) is 12.3. The van der Waals surface area contributed by atoms with Gasteiger partial charge in [0, 0.05) is 30.6 Å². The number of hydrogen-bond acceptors (Lipinski definition) is 5. The Labute approximate surface area is 162 Å². The average Bonchev–Trinajstić information content (AvgIpc) is 3.05. The van der Waals surface area contributed by atoms with Crippen LogP contribution in [0.5, 0.6) is 5.75 Å². The van der Waals surface area contributed by atoms with E-state index in [0.29, 0.717) is 13.0 Å². The highest BCUT2D eigenvalue weighted by molar-refractivity contribution is 5.95. The number of aromatic nitrogens is 2. The van der Waals surface area contributed by atoms with Crippen molar-refractivity contribution in [3.05, 3.63) is 64.0 Å². The number of nitrogens with zero attached hydrogens (tertiary/aromatic N) is 3. The predicted octanol–water partition coefficient (Wildman–Crippen LogP) is 3.51. The molecule has 0 aliphatic rings. The SMILES string of the molecule is COc1ccc(C(=O)NCCc2nc3ccccc3n2C(C)C)cc1[N+](=O)[O-]. The molecule has 1 amide bonds. The first-order valence-corrected chi connectivity index (χ1v) is 8.99. The standard InChI is InChI=1S/C20H22N4O4/c1-13(2)23-16-7-5-4-6-15(16)22-19(23)10-11-21-20(25)14-8-9-18(28-3)17(12-14)24(26)27/h4-9,12-13H,10-11H2,1-3H3,(H,21,25). The van der Waals surface area contributed by atoms with E-state index in [-0.39, 0.29) is 28.9 Å². The number of nitrogens with one attached hydrogen (secondary N) is 1. The number of carbonyl (C=O) groups excluding carboxylic acids is 1. The maximum absolute atomic E-state index is 12.4. The molecule has 0 bridgehead atoms. The van der Waals surface area contributed by atoms with E-state index in [4.69, 9.17) is 4.74 Å². The molecule has 0 aliphatic carbocycles. The van der Waals surface area contributed by atoms with E-state index in [1.165, 1.54) is 25.3 Å². The van der Waals surface area contributed by atoms with Gasteiger partial charge in [-0.1, -0.05) is 12.1 Å². The Morgan fingerprint density at radius 1 is 1.29 bits per heavy atom. The van der Waals surface area contributed by atoms with Crippen LogP contribution in [-0.4, -0.2) is 34.0 Å². The normalized spacial score (nSPS) is 11.0. The van der Waals surface area contributed by atoms with Crippen LogP contribution in [0.15, 0.2) is 42.5 Å². The van der Waals surface area contributed by atoms with Crippen molar-refractivity contribution in [3.8, 4) is 5.75 Å². The molecule has 1 aromatic heterocycles.